The Morgan fingerprint density at radius 1 is 1.37 bits per heavy atom. The van der Waals surface area contributed by atoms with E-state index in [1.165, 1.54) is 43.2 Å². The molecule has 0 aromatic heterocycles. The number of benzene rings is 1. The molecule has 1 aromatic rings. The first kappa shape index (κ1) is 14.4. The van der Waals surface area contributed by atoms with Gasteiger partial charge in [-0.15, -0.1) is 0 Å². The Morgan fingerprint density at radius 3 is 2.74 bits per heavy atom. The zero-order valence-corrected chi connectivity index (χ0v) is 12.5. The molecule has 106 valence electrons. The first-order chi connectivity index (χ1) is 9.24. The molecule has 1 aliphatic carbocycles. The number of aryl methyl sites for hydroxylation is 1. The van der Waals surface area contributed by atoms with Crippen LogP contribution in [0.15, 0.2) is 18.2 Å². The summed E-state index contributed by atoms with van der Waals surface area (Å²) in [4.78, 5) is 0. The van der Waals surface area contributed by atoms with Crippen molar-refractivity contribution >= 4 is 0 Å². The minimum atomic E-state index is 0.505. The second kappa shape index (κ2) is 6.95. The third kappa shape index (κ3) is 4.24. The van der Waals surface area contributed by atoms with E-state index in [2.05, 4.69) is 37.4 Å². The summed E-state index contributed by atoms with van der Waals surface area (Å²) in [5.74, 6) is 1.99. The molecular formula is C17H27NO. The van der Waals surface area contributed by atoms with Crippen molar-refractivity contribution in [1.82, 2.24) is 5.32 Å². The second-order valence-electron chi connectivity index (χ2n) is 5.76. The van der Waals surface area contributed by atoms with Crippen molar-refractivity contribution in [2.45, 2.75) is 52.0 Å². The molecule has 0 saturated heterocycles. The average molecular weight is 261 g/mol. The molecule has 2 rings (SSSR count). The van der Waals surface area contributed by atoms with Crippen LogP contribution >= 0.6 is 0 Å². The maximum absolute atomic E-state index is 5.35. The van der Waals surface area contributed by atoms with E-state index in [1.54, 1.807) is 7.11 Å². The van der Waals surface area contributed by atoms with E-state index in [4.69, 9.17) is 4.74 Å². The topological polar surface area (TPSA) is 21.3 Å². The van der Waals surface area contributed by atoms with E-state index < -0.39 is 0 Å². The molecule has 1 atom stereocenters. The molecule has 0 bridgehead atoms. The van der Waals surface area contributed by atoms with Crippen LogP contribution in [0.5, 0.6) is 5.75 Å². The van der Waals surface area contributed by atoms with Crippen LogP contribution in [0.4, 0.5) is 0 Å². The third-order valence-corrected chi connectivity index (χ3v) is 4.02. The predicted molar refractivity (Wildman–Crippen MR) is 80.7 cm³/mol. The van der Waals surface area contributed by atoms with Gasteiger partial charge in [-0.05, 0) is 55.8 Å². The van der Waals surface area contributed by atoms with Crippen LogP contribution in [0.3, 0.4) is 0 Å². The van der Waals surface area contributed by atoms with Crippen molar-refractivity contribution < 1.29 is 4.74 Å². The van der Waals surface area contributed by atoms with Crippen LogP contribution < -0.4 is 10.1 Å². The molecule has 0 radical (unpaired) electrons. The normalized spacial score (nSPS) is 16.4. The first-order valence-corrected chi connectivity index (χ1v) is 7.62. The van der Waals surface area contributed by atoms with Gasteiger partial charge in [0, 0.05) is 6.04 Å². The lowest BCUT2D eigenvalue weighted by atomic mass is 9.98. The van der Waals surface area contributed by atoms with Gasteiger partial charge in [0.05, 0.1) is 7.11 Å². The van der Waals surface area contributed by atoms with E-state index >= 15 is 0 Å². The van der Waals surface area contributed by atoms with Crippen molar-refractivity contribution in [1.29, 1.82) is 0 Å². The van der Waals surface area contributed by atoms with Crippen LogP contribution in [0.25, 0.3) is 0 Å². The molecule has 2 nitrogen and oxygen atoms in total. The molecule has 1 N–H and O–H groups in total. The molecule has 1 unspecified atom stereocenters. The standard InChI is InChI=1S/C17H27NO/c1-4-11-18-16(9-7-14-5-6-14)15-8-10-17(19-3)13(2)12-15/h8,10,12,14,16,18H,4-7,9,11H2,1-3H3. The minimum absolute atomic E-state index is 0.505. The Kier molecular flexibility index (Phi) is 5.26. The second-order valence-corrected chi connectivity index (χ2v) is 5.76. The summed E-state index contributed by atoms with van der Waals surface area (Å²) >= 11 is 0. The van der Waals surface area contributed by atoms with Crippen molar-refractivity contribution in [2.24, 2.45) is 5.92 Å². The van der Waals surface area contributed by atoms with Crippen molar-refractivity contribution in [3.05, 3.63) is 29.3 Å². The lowest BCUT2D eigenvalue weighted by Crippen LogP contribution is -2.22. The largest absolute Gasteiger partial charge is 0.496 e. The molecule has 2 heteroatoms. The molecule has 0 amide bonds. The lowest BCUT2D eigenvalue weighted by molar-refractivity contribution is 0.410. The molecule has 0 heterocycles. The molecule has 1 fully saturated rings. The van der Waals surface area contributed by atoms with Gasteiger partial charge in [0.15, 0.2) is 0 Å². The summed E-state index contributed by atoms with van der Waals surface area (Å²) in [7, 11) is 1.74. The maximum atomic E-state index is 5.35. The Morgan fingerprint density at radius 2 is 2.16 bits per heavy atom. The summed E-state index contributed by atoms with van der Waals surface area (Å²) in [6, 6.07) is 7.10. The molecule has 1 saturated carbocycles. The van der Waals surface area contributed by atoms with Gasteiger partial charge in [-0.3, -0.25) is 0 Å². The number of hydrogen-bond donors (Lipinski definition) is 1. The zero-order valence-electron chi connectivity index (χ0n) is 12.5. The van der Waals surface area contributed by atoms with E-state index in [0.717, 1.165) is 18.2 Å². The van der Waals surface area contributed by atoms with Gasteiger partial charge < -0.3 is 10.1 Å². The van der Waals surface area contributed by atoms with Gasteiger partial charge in [-0.25, -0.2) is 0 Å². The Bertz CT molecular complexity index is 398. The zero-order chi connectivity index (χ0) is 13.7. The van der Waals surface area contributed by atoms with Crippen molar-refractivity contribution in [2.75, 3.05) is 13.7 Å². The van der Waals surface area contributed by atoms with Gasteiger partial charge >= 0.3 is 0 Å². The van der Waals surface area contributed by atoms with E-state index in [-0.39, 0.29) is 0 Å². The highest BCUT2D eigenvalue weighted by Crippen LogP contribution is 2.36. The summed E-state index contributed by atoms with van der Waals surface area (Å²) in [6.07, 6.45) is 6.71. The number of rotatable bonds is 8. The Balaban J connectivity index is 2.03. The highest BCUT2D eigenvalue weighted by atomic mass is 16.5. The maximum Gasteiger partial charge on any atom is 0.121 e. The van der Waals surface area contributed by atoms with Crippen LogP contribution in [0.1, 0.15) is 56.2 Å². The number of nitrogens with one attached hydrogen (secondary N) is 1. The monoisotopic (exact) mass is 261 g/mol. The number of methoxy groups -OCH3 is 1. The Hall–Kier alpha value is -1.02. The summed E-state index contributed by atoms with van der Waals surface area (Å²) in [5, 5.41) is 3.69. The van der Waals surface area contributed by atoms with Gasteiger partial charge in [0.2, 0.25) is 0 Å². The lowest BCUT2D eigenvalue weighted by Gasteiger charge is -2.20. The van der Waals surface area contributed by atoms with Crippen LogP contribution in [0.2, 0.25) is 0 Å². The van der Waals surface area contributed by atoms with Gasteiger partial charge in [-0.1, -0.05) is 31.9 Å². The smallest absolute Gasteiger partial charge is 0.121 e. The highest BCUT2D eigenvalue weighted by Gasteiger charge is 2.23. The van der Waals surface area contributed by atoms with Gasteiger partial charge in [-0.2, -0.15) is 0 Å². The van der Waals surface area contributed by atoms with E-state index in [1.807, 2.05) is 0 Å². The van der Waals surface area contributed by atoms with Crippen molar-refractivity contribution in [3.8, 4) is 5.75 Å². The summed E-state index contributed by atoms with van der Waals surface area (Å²) in [5.41, 5.74) is 2.64. The fourth-order valence-electron chi connectivity index (χ4n) is 2.63. The fraction of sp³-hybridized carbons (Fsp3) is 0.647. The van der Waals surface area contributed by atoms with Gasteiger partial charge in [0.25, 0.3) is 0 Å². The number of ether oxygens (including phenoxy) is 1. The van der Waals surface area contributed by atoms with E-state index in [9.17, 15) is 0 Å². The highest BCUT2D eigenvalue weighted by molar-refractivity contribution is 5.37. The molecule has 1 aliphatic rings. The first-order valence-electron chi connectivity index (χ1n) is 7.62. The average Bonchev–Trinajstić information content (AvgIpc) is 3.23. The summed E-state index contributed by atoms with van der Waals surface area (Å²) < 4.78 is 5.35. The SMILES string of the molecule is CCCNC(CCC1CC1)c1ccc(OC)c(C)c1. The van der Waals surface area contributed by atoms with Gasteiger partial charge in [0.1, 0.15) is 5.75 Å². The molecule has 1 aromatic carbocycles. The van der Waals surface area contributed by atoms with Crippen LogP contribution in [-0.4, -0.2) is 13.7 Å². The molecule has 0 aliphatic heterocycles. The van der Waals surface area contributed by atoms with Crippen LogP contribution in [-0.2, 0) is 0 Å². The number of hydrogen-bond acceptors (Lipinski definition) is 2. The third-order valence-electron chi connectivity index (χ3n) is 4.02. The van der Waals surface area contributed by atoms with Crippen molar-refractivity contribution in [3.63, 3.8) is 0 Å². The molecular weight excluding hydrogens is 234 g/mol. The van der Waals surface area contributed by atoms with Crippen LogP contribution in [0, 0.1) is 12.8 Å². The predicted octanol–water partition coefficient (Wildman–Crippen LogP) is 4.23. The summed E-state index contributed by atoms with van der Waals surface area (Å²) in [6.45, 7) is 5.45. The molecule has 19 heavy (non-hydrogen) atoms. The van der Waals surface area contributed by atoms with E-state index in [0.29, 0.717) is 6.04 Å². The minimum Gasteiger partial charge on any atom is -0.496 e. The quantitative estimate of drug-likeness (QED) is 0.756. The fourth-order valence-corrected chi connectivity index (χ4v) is 2.63. The molecule has 0 spiro atoms. The Labute approximate surface area is 117 Å².